The van der Waals surface area contributed by atoms with Crippen molar-refractivity contribution in [1.29, 1.82) is 0 Å². The van der Waals surface area contributed by atoms with Gasteiger partial charge in [-0.15, -0.1) is 0 Å². The summed E-state index contributed by atoms with van der Waals surface area (Å²) in [7, 11) is 0. The number of benzene rings is 1. The van der Waals surface area contributed by atoms with Gasteiger partial charge in [0.2, 0.25) is 5.88 Å². The number of nitrogens with zero attached hydrogens (tertiary/aromatic N) is 4. The second-order valence-electron chi connectivity index (χ2n) is 8.31. The van der Waals surface area contributed by atoms with E-state index >= 15 is 0 Å². The molecule has 0 fully saturated rings. The second kappa shape index (κ2) is 9.03. The lowest BCUT2D eigenvalue weighted by molar-refractivity contribution is 0.0932. The molecule has 2 unspecified atom stereocenters. The monoisotopic (exact) mass is 495 g/mol. The number of hydrogen-bond acceptors (Lipinski definition) is 7. The van der Waals surface area contributed by atoms with Crippen LogP contribution >= 0.6 is 11.6 Å². The third kappa shape index (κ3) is 4.21. The highest BCUT2D eigenvalue weighted by Gasteiger charge is 2.26. The number of nitrogens with one attached hydrogen (secondary N) is 2. The Bertz CT molecular complexity index is 1420. The van der Waals surface area contributed by atoms with Gasteiger partial charge >= 0.3 is 0 Å². The van der Waals surface area contributed by atoms with E-state index in [1.165, 1.54) is 16.8 Å². The van der Waals surface area contributed by atoms with E-state index in [4.69, 9.17) is 27.1 Å². The fourth-order valence-corrected chi connectivity index (χ4v) is 4.23. The molecule has 1 aliphatic rings. The van der Waals surface area contributed by atoms with E-state index < -0.39 is 18.0 Å². The van der Waals surface area contributed by atoms with E-state index in [1.807, 2.05) is 19.1 Å². The Balaban J connectivity index is 1.76. The zero-order chi connectivity index (χ0) is 24.7. The number of aromatic nitrogens is 4. The van der Waals surface area contributed by atoms with Crippen molar-refractivity contribution >= 4 is 34.8 Å². The van der Waals surface area contributed by atoms with Crippen LogP contribution < -0.4 is 21.1 Å². The summed E-state index contributed by atoms with van der Waals surface area (Å²) in [6.07, 6.45) is 2.67. The summed E-state index contributed by atoms with van der Waals surface area (Å²) < 4.78 is 21.7. The average molecular weight is 496 g/mol. The number of carbonyl (C=O) groups excluding carboxylic acids is 1. The zero-order valence-corrected chi connectivity index (χ0v) is 19.8. The Kier molecular flexibility index (Phi) is 5.89. The number of anilines is 2. The van der Waals surface area contributed by atoms with Crippen molar-refractivity contribution in [3.05, 3.63) is 64.7 Å². The van der Waals surface area contributed by atoms with Gasteiger partial charge < -0.3 is 21.1 Å². The first kappa shape index (κ1) is 22.9. The molecular weight excluding hydrogens is 473 g/mol. The lowest BCUT2D eigenvalue weighted by Crippen LogP contribution is -2.34. The molecule has 4 N–H and O–H groups in total. The minimum absolute atomic E-state index is 0.198. The van der Waals surface area contributed by atoms with Crippen LogP contribution in [0.25, 0.3) is 16.8 Å². The minimum Gasteiger partial charge on any atom is -0.473 e. The molecule has 3 aromatic heterocycles. The van der Waals surface area contributed by atoms with Crippen LogP contribution in [0.15, 0.2) is 42.7 Å². The van der Waals surface area contributed by atoms with Crippen LogP contribution in [0.5, 0.6) is 5.88 Å². The molecule has 4 heterocycles. The number of ether oxygens (including phenoxy) is 1. The predicted octanol–water partition coefficient (Wildman–Crippen LogP) is 4.24. The quantitative estimate of drug-likeness (QED) is 0.380. The number of halogens is 2. The normalized spacial score (nSPS) is 18.0. The third-order valence-electron chi connectivity index (χ3n) is 5.86. The molecule has 180 valence electrons. The first-order valence-corrected chi connectivity index (χ1v) is 11.5. The highest BCUT2D eigenvalue weighted by atomic mass is 35.5. The number of pyridine rings is 1. The molecule has 11 heteroatoms. The SMILES string of the molecule is CCC1Nc2nc3c(cnn3c(N)c2-c2ccc(Cl)cc2)C(=O)NCC(C)Oc2ncc(F)cc21. The summed E-state index contributed by atoms with van der Waals surface area (Å²) in [6.45, 7) is 3.95. The van der Waals surface area contributed by atoms with Gasteiger partial charge in [-0.2, -0.15) is 9.61 Å². The molecule has 9 nitrogen and oxygen atoms in total. The maximum Gasteiger partial charge on any atom is 0.256 e. The van der Waals surface area contributed by atoms with Crippen molar-refractivity contribution in [2.45, 2.75) is 32.4 Å². The lowest BCUT2D eigenvalue weighted by Gasteiger charge is -2.24. The van der Waals surface area contributed by atoms with Gasteiger partial charge in [0, 0.05) is 10.6 Å². The Labute approximate surface area is 205 Å². The molecule has 2 atom stereocenters. The van der Waals surface area contributed by atoms with Gasteiger partial charge in [0.25, 0.3) is 5.91 Å². The molecule has 4 aromatic rings. The first-order valence-electron chi connectivity index (χ1n) is 11.2. The van der Waals surface area contributed by atoms with Crippen LogP contribution in [0.4, 0.5) is 16.0 Å². The highest BCUT2D eigenvalue weighted by Crippen LogP contribution is 2.38. The largest absolute Gasteiger partial charge is 0.473 e. The standard InChI is InChI=1S/C24H23ClFN7O2/c1-3-18-16-8-15(26)10-29-24(16)35-12(2)9-28-23(34)17-11-30-33-20(27)19(21(31-18)32-22(17)33)13-4-6-14(25)7-5-13/h4-8,10-12,18H,3,9,27H2,1-2H3,(H,28,34)(H,31,32). The Hall–Kier alpha value is -3.92. The van der Waals surface area contributed by atoms with E-state index in [2.05, 4.69) is 20.7 Å². The lowest BCUT2D eigenvalue weighted by atomic mass is 10.0. The topological polar surface area (TPSA) is 119 Å². The van der Waals surface area contributed by atoms with Crippen LogP contribution in [0.1, 0.15) is 42.2 Å². The van der Waals surface area contributed by atoms with Crippen molar-refractivity contribution in [2.24, 2.45) is 0 Å². The molecule has 0 spiro atoms. The number of carbonyl (C=O) groups is 1. The smallest absolute Gasteiger partial charge is 0.256 e. The molecular formula is C24H23ClFN7O2. The summed E-state index contributed by atoms with van der Waals surface area (Å²) >= 11 is 6.10. The van der Waals surface area contributed by atoms with Crippen molar-refractivity contribution in [3.8, 4) is 17.0 Å². The van der Waals surface area contributed by atoms with Crippen molar-refractivity contribution in [2.75, 3.05) is 17.6 Å². The molecule has 0 radical (unpaired) electrons. The molecule has 1 amide bonds. The van der Waals surface area contributed by atoms with Gasteiger partial charge in [-0.1, -0.05) is 30.7 Å². The minimum atomic E-state index is -0.489. The van der Waals surface area contributed by atoms with Gasteiger partial charge in [0.1, 0.15) is 29.1 Å². The average Bonchev–Trinajstić information content (AvgIpc) is 3.27. The van der Waals surface area contributed by atoms with E-state index in [9.17, 15) is 9.18 Å². The van der Waals surface area contributed by atoms with E-state index in [0.29, 0.717) is 34.0 Å². The van der Waals surface area contributed by atoms with Gasteiger partial charge in [-0.3, -0.25) is 4.79 Å². The van der Waals surface area contributed by atoms with Gasteiger partial charge in [0.15, 0.2) is 5.65 Å². The maximum absolute atomic E-state index is 14.3. The van der Waals surface area contributed by atoms with Gasteiger partial charge in [0.05, 0.1) is 30.5 Å². The number of nitrogens with two attached hydrogens (primary N) is 1. The fourth-order valence-electron chi connectivity index (χ4n) is 4.10. The zero-order valence-electron chi connectivity index (χ0n) is 19.0. The number of amides is 1. The molecule has 35 heavy (non-hydrogen) atoms. The van der Waals surface area contributed by atoms with Crippen LogP contribution in [0.3, 0.4) is 0 Å². The summed E-state index contributed by atoms with van der Waals surface area (Å²) in [4.78, 5) is 21.9. The molecule has 0 saturated heterocycles. The van der Waals surface area contributed by atoms with Crippen molar-refractivity contribution < 1.29 is 13.9 Å². The number of nitrogen functional groups attached to an aromatic ring is 1. The Morgan fingerprint density at radius 2 is 2.06 bits per heavy atom. The Morgan fingerprint density at radius 1 is 1.29 bits per heavy atom. The van der Waals surface area contributed by atoms with Crippen molar-refractivity contribution in [3.63, 3.8) is 0 Å². The van der Waals surface area contributed by atoms with Crippen LogP contribution in [0.2, 0.25) is 5.02 Å². The van der Waals surface area contributed by atoms with Crippen molar-refractivity contribution in [1.82, 2.24) is 24.9 Å². The van der Waals surface area contributed by atoms with E-state index in [1.54, 1.807) is 19.1 Å². The van der Waals surface area contributed by atoms with E-state index in [-0.39, 0.29) is 29.7 Å². The second-order valence-corrected chi connectivity index (χ2v) is 8.75. The van der Waals surface area contributed by atoms with Crippen LogP contribution in [-0.2, 0) is 0 Å². The molecule has 0 aliphatic carbocycles. The van der Waals surface area contributed by atoms with Gasteiger partial charge in [-0.05, 0) is 37.1 Å². The van der Waals surface area contributed by atoms with Crippen LogP contribution in [0, 0.1) is 5.82 Å². The summed E-state index contributed by atoms with van der Waals surface area (Å²) in [5, 5.41) is 11.1. The predicted molar refractivity (Wildman–Crippen MR) is 131 cm³/mol. The third-order valence-corrected chi connectivity index (χ3v) is 6.12. The molecule has 1 aromatic carbocycles. The number of hydrogen-bond donors (Lipinski definition) is 3. The summed E-state index contributed by atoms with van der Waals surface area (Å²) in [5.74, 6) is 0.104. The summed E-state index contributed by atoms with van der Waals surface area (Å²) in [5.41, 5.74) is 8.98. The van der Waals surface area contributed by atoms with E-state index in [0.717, 1.165) is 11.8 Å². The summed E-state index contributed by atoms with van der Waals surface area (Å²) in [6, 6.07) is 8.10. The van der Waals surface area contributed by atoms with Gasteiger partial charge in [-0.25, -0.2) is 14.4 Å². The van der Waals surface area contributed by atoms with Crippen LogP contribution in [-0.4, -0.2) is 38.1 Å². The molecule has 0 saturated carbocycles. The number of fused-ring (bicyclic) bond motifs is 2. The molecule has 1 aliphatic heterocycles. The fraction of sp³-hybridized carbons (Fsp3) is 0.250. The Morgan fingerprint density at radius 3 is 2.80 bits per heavy atom. The maximum atomic E-state index is 14.3. The number of rotatable bonds is 2. The highest BCUT2D eigenvalue weighted by molar-refractivity contribution is 6.30. The molecule has 5 rings (SSSR count). The molecule has 2 bridgehead atoms. The first-order chi connectivity index (χ1) is 16.9.